The van der Waals surface area contributed by atoms with E-state index in [-0.39, 0.29) is 19.6 Å². The third-order valence-electron chi connectivity index (χ3n) is 5.72. The Morgan fingerprint density at radius 2 is 1.41 bits per heavy atom. The van der Waals surface area contributed by atoms with Gasteiger partial charge < -0.3 is 29.4 Å². The van der Waals surface area contributed by atoms with Gasteiger partial charge in [-0.2, -0.15) is 0 Å². The third-order valence-corrected chi connectivity index (χ3v) is 5.72. The van der Waals surface area contributed by atoms with Crippen molar-refractivity contribution in [2.75, 3.05) is 6.54 Å². The first-order chi connectivity index (χ1) is 15.2. The van der Waals surface area contributed by atoms with Crippen LogP contribution in [0, 0.1) is 5.92 Å². The number of nitrogens with one attached hydrogen (secondary N) is 2. The van der Waals surface area contributed by atoms with Crippen LogP contribution < -0.4 is 10.6 Å². The Kier molecular flexibility index (Phi) is 10.0. The van der Waals surface area contributed by atoms with Gasteiger partial charge in [-0.1, -0.05) is 6.42 Å². The first-order valence-corrected chi connectivity index (χ1v) is 12.0. The zero-order valence-electron chi connectivity index (χ0n) is 22.9. The van der Waals surface area contributed by atoms with E-state index in [1.165, 1.54) is 6.92 Å². The van der Waals surface area contributed by atoms with E-state index in [2.05, 4.69) is 10.6 Å². The molecule has 1 aliphatic rings. The van der Waals surface area contributed by atoms with Gasteiger partial charge in [0.15, 0.2) is 0 Å². The molecule has 1 heterocycles. The Morgan fingerprint density at radius 3 is 1.85 bits per heavy atom. The van der Waals surface area contributed by atoms with E-state index in [9.17, 15) is 14.4 Å². The lowest BCUT2D eigenvalue weighted by atomic mass is 9.80. The Labute approximate surface area is 205 Å². The first kappa shape index (κ1) is 30.2. The smallest absolute Gasteiger partial charge is 0.457 e. The molecule has 1 saturated heterocycles. The maximum Gasteiger partial charge on any atom is 0.457 e. The van der Waals surface area contributed by atoms with Crippen molar-refractivity contribution in [1.82, 2.24) is 10.6 Å². The van der Waals surface area contributed by atoms with Crippen LogP contribution in [0.3, 0.4) is 0 Å². The van der Waals surface area contributed by atoms with Crippen LogP contribution in [0.15, 0.2) is 0 Å². The number of carbonyl (C=O) groups excluding carboxylic acids is 3. The van der Waals surface area contributed by atoms with Gasteiger partial charge in [-0.25, -0.2) is 9.59 Å². The molecule has 0 saturated carbocycles. The van der Waals surface area contributed by atoms with Crippen LogP contribution in [0.25, 0.3) is 0 Å². The third kappa shape index (κ3) is 10.2. The van der Waals surface area contributed by atoms with Crippen molar-refractivity contribution in [1.29, 1.82) is 0 Å². The standard InChI is InChI=1S/C24H45BN2O7/c1-16(28)27-18(19(29)31-21(2,3)4)17(15-26-20(30)32-22(5,6)7)13-12-14-25-33-23(8,9)24(10,11)34-25/h17-18H,12-15H2,1-11H3,(H,26,30)(H,27,28)/t17-,18-/m0/s1. The molecular formula is C24H45BN2O7. The topological polar surface area (TPSA) is 112 Å². The average Bonchev–Trinajstić information content (AvgIpc) is 2.79. The molecule has 1 rings (SSSR count). The van der Waals surface area contributed by atoms with Crippen molar-refractivity contribution < 1.29 is 33.2 Å². The second kappa shape index (κ2) is 11.3. The van der Waals surface area contributed by atoms with Crippen LogP contribution in [0.4, 0.5) is 4.79 Å². The summed E-state index contributed by atoms with van der Waals surface area (Å²) in [5.41, 5.74) is -2.23. The molecule has 0 unspecified atom stereocenters. The van der Waals surface area contributed by atoms with E-state index in [0.29, 0.717) is 19.2 Å². The molecule has 0 spiro atoms. The minimum atomic E-state index is -0.926. The second-order valence-electron chi connectivity index (χ2n) is 12.0. The van der Waals surface area contributed by atoms with E-state index >= 15 is 0 Å². The fraction of sp³-hybridized carbons (Fsp3) is 0.875. The molecule has 0 aromatic heterocycles. The van der Waals surface area contributed by atoms with Crippen LogP contribution >= 0.6 is 0 Å². The fourth-order valence-corrected chi connectivity index (χ4v) is 3.50. The van der Waals surface area contributed by atoms with Gasteiger partial charge in [-0.3, -0.25) is 4.79 Å². The van der Waals surface area contributed by atoms with Crippen LogP contribution in [-0.4, -0.2) is 60.1 Å². The Morgan fingerprint density at radius 1 is 0.912 bits per heavy atom. The summed E-state index contributed by atoms with van der Waals surface area (Å²) in [6.45, 7) is 20.1. The zero-order valence-corrected chi connectivity index (χ0v) is 22.9. The predicted molar refractivity (Wildman–Crippen MR) is 131 cm³/mol. The molecule has 0 bridgehead atoms. The average molecular weight is 484 g/mol. The molecule has 0 aliphatic carbocycles. The van der Waals surface area contributed by atoms with Crippen molar-refractivity contribution in [3.63, 3.8) is 0 Å². The molecule has 34 heavy (non-hydrogen) atoms. The van der Waals surface area contributed by atoms with Crippen LogP contribution in [-0.2, 0) is 28.4 Å². The Hall–Kier alpha value is -1.81. The maximum absolute atomic E-state index is 13.0. The summed E-state index contributed by atoms with van der Waals surface area (Å²) >= 11 is 0. The number of hydrogen-bond acceptors (Lipinski definition) is 7. The minimum Gasteiger partial charge on any atom is -0.458 e. The number of ether oxygens (including phenoxy) is 2. The summed E-state index contributed by atoms with van der Waals surface area (Å²) in [7, 11) is -0.370. The van der Waals surface area contributed by atoms with E-state index in [1.54, 1.807) is 41.5 Å². The molecule has 1 fully saturated rings. The summed E-state index contributed by atoms with van der Waals surface area (Å²) in [4.78, 5) is 37.1. The van der Waals surface area contributed by atoms with E-state index in [4.69, 9.17) is 18.8 Å². The fourth-order valence-electron chi connectivity index (χ4n) is 3.50. The summed E-state index contributed by atoms with van der Waals surface area (Å²) < 4.78 is 23.0. The van der Waals surface area contributed by atoms with Crippen molar-refractivity contribution in [2.45, 2.75) is 124 Å². The molecule has 1 aliphatic heterocycles. The molecule has 2 N–H and O–H groups in total. The number of rotatable bonds is 9. The van der Waals surface area contributed by atoms with Gasteiger partial charge in [-0.05, 0) is 82.0 Å². The maximum atomic E-state index is 13.0. The normalized spacial score (nSPS) is 19.2. The molecule has 10 heteroatoms. The summed E-state index contributed by atoms with van der Waals surface area (Å²) in [5, 5.41) is 5.44. The quantitative estimate of drug-likeness (QED) is 0.378. The highest BCUT2D eigenvalue weighted by atomic mass is 16.7. The highest BCUT2D eigenvalue weighted by Crippen LogP contribution is 2.38. The number of carbonyl (C=O) groups is 3. The van der Waals surface area contributed by atoms with Gasteiger partial charge >= 0.3 is 19.2 Å². The minimum absolute atomic E-state index is 0.127. The van der Waals surface area contributed by atoms with Crippen LogP contribution in [0.2, 0.25) is 6.32 Å². The van der Waals surface area contributed by atoms with E-state index in [1.807, 2.05) is 27.7 Å². The van der Waals surface area contributed by atoms with Gasteiger partial charge in [-0.15, -0.1) is 0 Å². The molecule has 0 aromatic rings. The van der Waals surface area contributed by atoms with E-state index in [0.717, 1.165) is 0 Å². The Balaban J connectivity index is 2.95. The molecule has 2 amide bonds. The zero-order chi connectivity index (χ0) is 26.5. The lowest BCUT2D eigenvalue weighted by molar-refractivity contribution is -0.160. The highest BCUT2D eigenvalue weighted by molar-refractivity contribution is 6.45. The molecule has 0 aromatic carbocycles. The Bertz CT molecular complexity index is 710. The van der Waals surface area contributed by atoms with Crippen molar-refractivity contribution in [3.8, 4) is 0 Å². The number of amides is 2. The van der Waals surface area contributed by atoms with Gasteiger partial charge in [0.05, 0.1) is 11.2 Å². The predicted octanol–water partition coefficient (Wildman–Crippen LogP) is 3.85. The molecule has 196 valence electrons. The summed E-state index contributed by atoms with van der Waals surface area (Å²) in [6, 6.07) is -0.926. The largest absolute Gasteiger partial charge is 0.458 e. The lowest BCUT2D eigenvalue weighted by Crippen LogP contribution is -2.51. The van der Waals surface area contributed by atoms with Gasteiger partial charge in [0.25, 0.3) is 0 Å². The molecular weight excluding hydrogens is 439 g/mol. The molecule has 9 nitrogen and oxygen atoms in total. The van der Waals surface area contributed by atoms with E-state index < -0.39 is 46.4 Å². The van der Waals surface area contributed by atoms with Crippen LogP contribution in [0.1, 0.15) is 89.0 Å². The van der Waals surface area contributed by atoms with Gasteiger partial charge in [0, 0.05) is 19.4 Å². The number of alkyl carbamates (subject to hydrolysis) is 1. The molecule has 0 radical (unpaired) electrons. The SMILES string of the molecule is CC(=O)N[C@H](C(=O)OC(C)(C)C)[C@@H](CCCB1OC(C)(C)C(C)(C)O1)CNC(=O)OC(C)(C)C. The monoisotopic (exact) mass is 484 g/mol. The number of esters is 1. The van der Waals surface area contributed by atoms with Crippen LogP contribution in [0.5, 0.6) is 0 Å². The van der Waals surface area contributed by atoms with Crippen molar-refractivity contribution in [2.24, 2.45) is 5.92 Å². The summed E-state index contributed by atoms with van der Waals surface area (Å²) in [6.07, 6.45) is 1.19. The van der Waals surface area contributed by atoms with Crippen molar-refractivity contribution in [3.05, 3.63) is 0 Å². The van der Waals surface area contributed by atoms with Crippen molar-refractivity contribution >= 4 is 25.1 Å². The van der Waals surface area contributed by atoms with Gasteiger partial charge in [0.2, 0.25) is 5.91 Å². The second-order valence-corrected chi connectivity index (χ2v) is 12.0. The first-order valence-electron chi connectivity index (χ1n) is 12.0. The van der Waals surface area contributed by atoms with Gasteiger partial charge in [0.1, 0.15) is 17.2 Å². The summed E-state index contributed by atoms with van der Waals surface area (Å²) in [5.74, 6) is -1.33. The number of hydrogen-bond donors (Lipinski definition) is 2. The molecule has 2 atom stereocenters. The lowest BCUT2D eigenvalue weighted by Gasteiger charge is -2.32. The highest BCUT2D eigenvalue weighted by Gasteiger charge is 2.50.